The quantitative estimate of drug-likeness (QED) is 0.516. The molecule has 1 aliphatic rings. The van der Waals surface area contributed by atoms with Gasteiger partial charge in [0.05, 0.1) is 37.7 Å². The van der Waals surface area contributed by atoms with Crippen molar-refractivity contribution in [1.82, 2.24) is 14.9 Å². The van der Waals surface area contributed by atoms with Crippen LogP contribution in [0.3, 0.4) is 0 Å². The number of rotatable bonds is 6. The van der Waals surface area contributed by atoms with E-state index in [-0.39, 0.29) is 12.1 Å². The number of anilines is 1. The molecule has 2 atom stereocenters. The molecule has 6 nitrogen and oxygen atoms in total. The van der Waals surface area contributed by atoms with Crippen LogP contribution in [0.4, 0.5) is 5.69 Å². The average Bonchev–Trinajstić information content (AvgIpc) is 3.28. The first kappa shape index (κ1) is 22.1. The topological polar surface area (TPSA) is 51.6 Å². The van der Waals surface area contributed by atoms with Crippen LogP contribution in [0.1, 0.15) is 54.6 Å². The monoisotopic (exact) mass is 450 g/mol. The summed E-state index contributed by atoms with van der Waals surface area (Å²) in [5.74, 6) is 1.48. The maximum Gasteiger partial charge on any atom is 0.174 e. The van der Waals surface area contributed by atoms with Crippen LogP contribution in [0.25, 0.3) is 0 Å². The first-order valence-electron chi connectivity index (χ1n) is 10.8. The lowest BCUT2D eigenvalue weighted by atomic mass is 9.96. The van der Waals surface area contributed by atoms with Gasteiger partial charge in [-0.3, -0.25) is 4.98 Å². The molecular formula is C25H30N4O2S. The van der Waals surface area contributed by atoms with Crippen LogP contribution in [0.15, 0.2) is 48.7 Å². The van der Waals surface area contributed by atoms with Gasteiger partial charge in [0.15, 0.2) is 5.11 Å². The Labute approximate surface area is 195 Å². The Bertz CT molecular complexity index is 1130. The van der Waals surface area contributed by atoms with E-state index in [0.717, 1.165) is 22.9 Å². The molecule has 7 heteroatoms. The molecule has 3 heterocycles. The Kier molecular flexibility index (Phi) is 6.11. The van der Waals surface area contributed by atoms with Crippen LogP contribution in [0, 0.1) is 13.8 Å². The molecule has 3 aromatic rings. The third-order valence-electron chi connectivity index (χ3n) is 6.10. The highest BCUT2D eigenvalue weighted by Crippen LogP contribution is 2.47. The second-order valence-electron chi connectivity index (χ2n) is 8.32. The fourth-order valence-electron chi connectivity index (χ4n) is 4.81. The van der Waals surface area contributed by atoms with E-state index in [2.05, 4.69) is 53.5 Å². The van der Waals surface area contributed by atoms with Crippen LogP contribution < -0.4 is 19.7 Å². The summed E-state index contributed by atoms with van der Waals surface area (Å²) in [5, 5.41) is 4.16. The molecule has 4 rings (SSSR count). The molecule has 1 aliphatic heterocycles. The van der Waals surface area contributed by atoms with Gasteiger partial charge in [0.2, 0.25) is 0 Å². The lowest BCUT2D eigenvalue weighted by molar-refractivity contribution is 0.403. The normalized spacial score (nSPS) is 18.2. The third kappa shape index (κ3) is 3.71. The van der Waals surface area contributed by atoms with Crippen molar-refractivity contribution in [2.75, 3.05) is 19.1 Å². The largest absolute Gasteiger partial charge is 0.497 e. The SMILES string of the molecule is COc1ccc(OC)c(N2C(=S)NC(c3ccccn3)C2c2cc(C)n(C(C)C)c2C)c1. The van der Waals surface area contributed by atoms with E-state index in [0.29, 0.717) is 11.2 Å². The van der Waals surface area contributed by atoms with Gasteiger partial charge in [-0.25, -0.2) is 0 Å². The van der Waals surface area contributed by atoms with Crippen molar-refractivity contribution in [1.29, 1.82) is 0 Å². The van der Waals surface area contributed by atoms with Crippen LogP contribution in [0.2, 0.25) is 0 Å². The predicted octanol–water partition coefficient (Wildman–Crippen LogP) is 5.28. The summed E-state index contributed by atoms with van der Waals surface area (Å²) in [4.78, 5) is 6.80. The van der Waals surface area contributed by atoms with Crippen molar-refractivity contribution >= 4 is 23.0 Å². The molecule has 1 fully saturated rings. The van der Waals surface area contributed by atoms with E-state index >= 15 is 0 Å². The molecule has 0 bridgehead atoms. The van der Waals surface area contributed by atoms with Gasteiger partial charge in [-0.05, 0) is 75.8 Å². The fraction of sp³-hybridized carbons (Fsp3) is 0.360. The number of hydrogen-bond acceptors (Lipinski definition) is 4. The number of nitrogens with zero attached hydrogens (tertiary/aromatic N) is 3. The summed E-state index contributed by atoms with van der Waals surface area (Å²) in [6.45, 7) is 8.75. The number of thiocarbonyl (C=S) groups is 1. The predicted molar refractivity (Wildman–Crippen MR) is 132 cm³/mol. The maximum atomic E-state index is 5.88. The van der Waals surface area contributed by atoms with Crippen molar-refractivity contribution < 1.29 is 9.47 Å². The molecule has 32 heavy (non-hydrogen) atoms. The van der Waals surface area contributed by atoms with Crippen molar-refractivity contribution in [3.8, 4) is 11.5 Å². The van der Waals surface area contributed by atoms with Gasteiger partial charge >= 0.3 is 0 Å². The minimum atomic E-state index is -0.110. The molecule has 0 saturated carbocycles. The Balaban J connectivity index is 1.94. The second kappa shape index (κ2) is 8.82. The number of hydrogen-bond donors (Lipinski definition) is 1. The van der Waals surface area contributed by atoms with Gasteiger partial charge in [0, 0.05) is 29.7 Å². The first-order valence-corrected chi connectivity index (χ1v) is 11.2. The van der Waals surface area contributed by atoms with E-state index in [4.69, 9.17) is 21.7 Å². The average molecular weight is 451 g/mol. The molecule has 0 radical (unpaired) electrons. The Morgan fingerprint density at radius 2 is 1.84 bits per heavy atom. The van der Waals surface area contributed by atoms with Crippen LogP contribution in [-0.2, 0) is 0 Å². The van der Waals surface area contributed by atoms with Gasteiger partial charge in [-0.15, -0.1) is 0 Å². The number of nitrogens with one attached hydrogen (secondary N) is 1. The number of pyridine rings is 1. The highest BCUT2D eigenvalue weighted by Gasteiger charge is 2.43. The molecular weight excluding hydrogens is 420 g/mol. The van der Waals surface area contributed by atoms with Crippen molar-refractivity contribution in [3.05, 3.63) is 71.3 Å². The zero-order valence-electron chi connectivity index (χ0n) is 19.4. The van der Waals surface area contributed by atoms with E-state index < -0.39 is 0 Å². The number of methoxy groups -OCH3 is 2. The molecule has 0 spiro atoms. The molecule has 0 amide bonds. The zero-order valence-corrected chi connectivity index (χ0v) is 20.2. The third-order valence-corrected chi connectivity index (χ3v) is 6.42. The molecule has 168 valence electrons. The van der Waals surface area contributed by atoms with Crippen molar-refractivity contribution in [2.45, 2.75) is 45.8 Å². The summed E-state index contributed by atoms with van der Waals surface area (Å²) in [5.41, 5.74) is 5.47. The van der Waals surface area contributed by atoms with Crippen LogP contribution in [0.5, 0.6) is 11.5 Å². The smallest absolute Gasteiger partial charge is 0.174 e. The summed E-state index contributed by atoms with van der Waals surface area (Å²) < 4.78 is 13.6. The van der Waals surface area contributed by atoms with Crippen LogP contribution in [-0.4, -0.2) is 28.9 Å². The minimum absolute atomic E-state index is 0.0999. The fourth-order valence-corrected chi connectivity index (χ4v) is 5.15. The Hall–Kier alpha value is -3.06. The van der Waals surface area contributed by atoms with Crippen LogP contribution >= 0.6 is 12.2 Å². The standard InChI is InChI=1S/C25H30N4O2S/c1-15(2)28-16(3)13-19(17(28)4)24-23(20-9-7-8-12-26-20)27-25(32)29(24)21-14-18(30-5)10-11-22(21)31-6/h7-15,23-24H,1-6H3,(H,27,32). The number of aryl methyl sites for hydroxylation is 1. The van der Waals surface area contributed by atoms with Gasteiger partial charge in [-0.2, -0.15) is 0 Å². The molecule has 1 N–H and O–H groups in total. The first-order chi connectivity index (χ1) is 15.4. The maximum absolute atomic E-state index is 5.88. The second-order valence-corrected chi connectivity index (χ2v) is 8.71. The highest BCUT2D eigenvalue weighted by molar-refractivity contribution is 7.80. The van der Waals surface area contributed by atoms with E-state index in [1.54, 1.807) is 14.2 Å². The van der Waals surface area contributed by atoms with Gasteiger partial charge in [0.25, 0.3) is 0 Å². The molecule has 1 saturated heterocycles. The lowest BCUT2D eigenvalue weighted by Crippen LogP contribution is -2.30. The summed E-state index contributed by atoms with van der Waals surface area (Å²) in [6, 6.07) is 14.2. The van der Waals surface area contributed by atoms with Gasteiger partial charge < -0.3 is 24.3 Å². The summed E-state index contributed by atoms with van der Waals surface area (Å²) >= 11 is 5.88. The molecule has 1 aromatic carbocycles. The summed E-state index contributed by atoms with van der Waals surface area (Å²) in [6.07, 6.45) is 1.82. The number of aromatic nitrogens is 2. The highest BCUT2D eigenvalue weighted by atomic mass is 32.1. The summed E-state index contributed by atoms with van der Waals surface area (Å²) in [7, 11) is 3.34. The van der Waals surface area contributed by atoms with Gasteiger partial charge in [0.1, 0.15) is 11.5 Å². The minimum Gasteiger partial charge on any atom is -0.497 e. The Morgan fingerprint density at radius 1 is 1.06 bits per heavy atom. The van der Waals surface area contributed by atoms with Crippen molar-refractivity contribution in [3.63, 3.8) is 0 Å². The van der Waals surface area contributed by atoms with Gasteiger partial charge in [-0.1, -0.05) is 6.07 Å². The molecule has 2 unspecified atom stereocenters. The molecule has 2 aromatic heterocycles. The lowest BCUT2D eigenvalue weighted by Gasteiger charge is -2.29. The number of ether oxygens (including phenoxy) is 2. The number of benzene rings is 1. The Morgan fingerprint density at radius 3 is 2.44 bits per heavy atom. The van der Waals surface area contributed by atoms with Crippen molar-refractivity contribution in [2.24, 2.45) is 0 Å². The van der Waals surface area contributed by atoms with E-state index in [1.807, 2.05) is 42.6 Å². The zero-order chi connectivity index (χ0) is 23.0. The van der Waals surface area contributed by atoms with E-state index in [1.165, 1.54) is 17.0 Å². The molecule has 0 aliphatic carbocycles. The van der Waals surface area contributed by atoms with E-state index in [9.17, 15) is 0 Å².